The minimum atomic E-state index is -5.38. The fraction of sp³-hybridized carbons (Fsp3) is 1.00. The molecule has 2 fully saturated rings. The third kappa shape index (κ3) is 4.17. The first-order chi connectivity index (χ1) is 13.2. The van der Waals surface area contributed by atoms with Gasteiger partial charge >= 0.3 is 12.4 Å². The van der Waals surface area contributed by atoms with Crippen molar-refractivity contribution in [2.45, 2.75) is 90.7 Å². The van der Waals surface area contributed by atoms with Crippen molar-refractivity contribution in [3.8, 4) is 0 Å². The molecule has 0 bridgehead atoms. The summed E-state index contributed by atoms with van der Waals surface area (Å²) in [5.74, 6) is -4.45. The zero-order valence-electron chi connectivity index (χ0n) is 17.8. The monoisotopic (exact) mass is 430 g/mol. The van der Waals surface area contributed by atoms with Crippen LogP contribution in [-0.2, 0) is 0 Å². The van der Waals surface area contributed by atoms with Crippen molar-refractivity contribution in [2.75, 3.05) is 0 Å². The predicted molar refractivity (Wildman–Crippen MR) is 102 cm³/mol. The Morgan fingerprint density at radius 3 is 1.21 bits per heavy atom. The van der Waals surface area contributed by atoms with E-state index >= 15 is 0 Å². The smallest absolute Gasteiger partial charge is 0.327 e. The van der Waals surface area contributed by atoms with Crippen LogP contribution in [0.25, 0.3) is 0 Å². The van der Waals surface area contributed by atoms with Crippen LogP contribution in [0, 0.1) is 40.9 Å². The molecule has 0 saturated heterocycles. The van der Waals surface area contributed by atoms with E-state index in [0.717, 1.165) is 0 Å². The van der Waals surface area contributed by atoms with Gasteiger partial charge in [0.2, 0.25) is 0 Å². The van der Waals surface area contributed by atoms with Gasteiger partial charge in [0, 0.05) is 12.1 Å². The second kappa shape index (κ2) is 8.56. The third-order valence-electron chi connectivity index (χ3n) is 8.16. The second-order valence-electron chi connectivity index (χ2n) is 9.65. The molecule has 0 aliphatic heterocycles. The summed E-state index contributed by atoms with van der Waals surface area (Å²) in [7, 11) is 0. The molecule has 2 aliphatic rings. The third-order valence-corrected chi connectivity index (χ3v) is 8.16. The van der Waals surface area contributed by atoms with Crippen LogP contribution in [-0.4, -0.2) is 24.4 Å². The summed E-state index contributed by atoms with van der Waals surface area (Å²) < 4.78 is 87.4. The average molecular weight is 431 g/mol. The molecule has 172 valence electrons. The summed E-state index contributed by atoms with van der Waals surface area (Å²) in [6, 6.07) is -0.727. The lowest BCUT2D eigenvalue weighted by molar-refractivity contribution is -0.385. The van der Waals surface area contributed by atoms with Gasteiger partial charge in [0.05, 0.1) is 0 Å². The van der Waals surface area contributed by atoms with Crippen molar-refractivity contribution in [3.63, 3.8) is 0 Å². The molecule has 0 aromatic heterocycles. The first-order valence-electron chi connectivity index (χ1n) is 10.9. The van der Waals surface area contributed by atoms with Gasteiger partial charge in [-0.3, -0.25) is 0 Å². The van der Waals surface area contributed by atoms with E-state index in [1.54, 1.807) is 27.7 Å². The Morgan fingerprint density at radius 2 is 0.966 bits per heavy atom. The maximum absolute atomic E-state index is 14.6. The molecule has 0 aromatic carbocycles. The van der Waals surface area contributed by atoms with Gasteiger partial charge in [0.25, 0.3) is 0 Å². The predicted octanol–water partition coefficient (Wildman–Crippen LogP) is 5.90. The van der Waals surface area contributed by atoms with Crippen LogP contribution in [0.2, 0.25) is 0 Å². The fourth-order valence-electron chi connectivity index (χ4n) is 6.42. The van der Waals surface area contributed by atoms with Crippen LogP contribution >= 0.6 is 0 Å². The molecule has 2 saturated carbocycles. The van der Waals surface area contributed by atoms with Crippen LogP contribution in [0.15, 0.2) is 0 Å². The summed E-state index contributed by atoms with van der Waals surface area (Å²) in [6.45, 7) is 6.95. The Kier molecular flexibility index (Phi) is 7.31. The molecular weight excluding hydrogens is 394 g/mol. The van der Waals surface area contributed by atoms with E-state index in [2.05, 4.69) is 0 Å². The summed E-state index contributed by atoms with van der Waals surface area (Å²) >= 11 is 0. The van der Waals surface area contributed by atoms with E-state index < -0.39 is 29.6 Å². The Bertz CT molecular complexity index is 498. The molecule has 2 aliphatic carbocycles. The summed E-state index contributed by atoms with van der Waals surface area (Å²) in [4.78, 5) is 0. The van der Waals surface area contributed by atoms with Crippen LogP contribution in [0.4, 0.5) is 26.3 Å². The number of hydrogen-bond acceptors (Lipinski definition) is 2. The van der Waals surface area contributed by atoms with Gasteiger partial charge < -0.3 is 11.5 Å². The van der Waals surface area contributed by atoms with Crippen molar-refractivity contribution in [1.29, 1.82) is 0 Å². The van der Waals surface area contributed by atoms with Crippen LogP contribution in [0.5, 0.6) is 0 Å². The van der Waals surface area contributed by atoms with Crippen LogP contribution < -0.4 is 11.5 Å². The van der Waals surface area contributed by atoms with Crippen LogP contribution in [0.3, 0.4) is 0 Å². The molecule has 2 nitrogen and oxygen atoms in total. The molecule has 29 heavy (non-hydrogen) atoms. The zero-order valence-corrected chi connectivity index (χ0v) is 17.8. The lowest BCUT2D eigenvalue weighted by Gasteiger charge is -2.55. The summed E-state index contributed by atoms with van der Waals surface area (Å²) in [5, 5.41) is 0. The van der Waals surface area contributed by atoms with Gasteiger partial charge in [-0.2, -0.15) is 26.3 Å². The van der Waals surface area contributed by atoms with Gasteiger partial charge in [-0.15, -0.1) is 0 Å². The Balaban J connectivity index is 2.61. The quantitative estimate of drug-likeness (QED) is 0.546. The minimum Gasteiger partial charge on any atom is -0.327 e. The van der Waals surface area contributed by atoms with E-state index in [-0.39, 0.29) is 61.4 Å². The number of hydrogen-bond donors (Lipinski definition) is 2. The van der Waals surface area contributed by atoms with Gasteiger partial charge in [0.1, 0.15) is 0 Å². The summed E-state index contributed by atoms with van der Waals surface area (Å²) in [5.41, 5.74) is 8.58. The van der Waals surface area contributed by atoms with Crippen molar-refractivity contribution in [2.24, 2.45) is 52.4 Å². The molecule has 0 spiro atoms. The molecule has 0 radical (unpaired) electrons. The molecule has 8 atom stereocenters. The SMILES string of the molecule is CCC1CC(C(C2CC(C)C(N)C(CC)C2)(C(F)(F)F)C(F)(F)F)CC(C)C1N. The van der Waals surface area contributed by atoms with Gasteiger partial charge in [0.15, 0.2) is 5.41 Å². The fourth-order valence-corrected chi connectivity index (χ4v) is 6.42. The minimum absolute atomic E-state index is 0.130. The van der Waals surface area contributed by atoms with E-state index in [9.17, 15) is 26.3 Å². The normalized spacial score (nSPS) is 40.1. The van der Waals surface area contributed by atoms with E-state index in [4.69, 9.17) is 11.5 Å². The summed E-state index contributed by atoms with van der Waals surface area (Å²) in [6.07, 6.45) is -10.3. The zero-order chi connectivity index (χ0) is 22.4. The molecule has 4 N–H and O–H groups in total. The number of rotatable bonds is 4. The second-order valence-corrected chi connectivity index (χ2v) is 9.65. The molecular formula is C21H36F6N2. The Hall–Kier alpha value is -0.500. The first kappa shape index (κ1) is 24.8. The Morgan fingerprint density at radius 1 is 0.655 bits per heavy atom. The van der Waals surface area contributed by atoms with E-state index in [0.29, 0.717) is 12.8 Å². The number of halogens is 6. The Labute approximate surface area is 170 Å². The maximum atomic E-state index is 14.6. The largest absolute Gasteiger partial charge is 0.403 e. The van der Waals surface area contributed by atoms with Gasteiger partial charge in [-0.25, -0.2) is 0 Å². The van der Waals surface area contributed by atoms with Crippen molar-refractivity contribution in [1.82, 2.24) is 0 Å². The molecule has 0 aromatic rings. The first-order valence-corrected chi connectivity index (χ1v) is 10.9. The van der Waals surface area contributed by atoms with Crippen LogP contribution in [0.1, 0.15) is 66.2 Å². The maximum Gasteiger partial charge on any atom is 0.403 e. The highest BCUT2D eigenvalue weighted by atomic mass is 19.4. The highest BCUT2D eigenvalue weighted by Crippen LogP contribution is 2.66. The van der Waals surface area contributed by atoms with Crippen molar-refractivity contribution < 1.29 is 26.3 Å². The lowest BCUT2D eigenvalue weighted by atomic mass is 9.52. The number of nitrogens with two attached hydrogens (primary N) is 2. The lowest BCUT2D eigenvalue weighted by Crippen LogP contribution is -2.64. The van der Waals surface area contributed by atoms with E-state index in [1.807, 2.05) is 0 Å². The van der Waals surface area contributed by atoms with Gasteiger partial charge in [-0.05, 0) is 61.2 Å². The standard InChI is InChI=1S/C21H36F6N2/c1-5-13-9-15(7-11(3)17(13)28)19(20(22,23)24,21(25,26)27)16-8-12(4)18(29)14(6-2)10-16/h11-18H,5-10,28-29H2,1-4H3. The average Bonchev–Trinajstić information content (AvgIpc) is 2.58. The molecule has 8 heteroatoms. The topological polar surface area (TPSA) is 52.0 Å². The highest BCUT2D eigenvalue weighted by Gasteiger charge is 2.77. The highest BCUT2D eigenvalue weighted by molar-refractivity contribution is 5.08. The molecule has 2 rings (SSSR count). The van der Waals surface area contributed by atoms with Gasteiger partial charge in [-0.1, -0.05) is 40.5 Å². The van der Waals surface area contributed by atoms with Crippen molar-refractivity contribution >= 4 is 0 Å². The van der Waals surface area contributed by atoms with E-state index in [1.165, 1.54) is 0 Å². The molecule has 0 amide bonds. The molecule has 0 heterocycles. The molecule has 8 unspecified atom stereocenters. The number of alkyl halides is 6. The van der Waals surface area contributed by atoms with Crippen molar-refractivity contribution in [3.05, 3.63) is 0 Å².